The van der Waals surface area contributed by atoms with Crippen molar-refractivity contribution in [3.8, 4) is 10.6 Å². The van der Waals surface area contributed by atoms with E-state index in [1.54, 1.807) is 43.3 Å². The van der Waals surface area contributed by atoms with Crippen molar-refractivity contribution in [2.45, 2.75) is 6.92 Å². The minimum atomic E-state index is -0.436. The first-order valence-electron chi connectivity index (χ1n) is 8.64. The lowest BCUT2D eigenvalue weighted by molar-refractivity contribution is -0.116. The Kier molecular flexibility index (Phi) is 6.84. The molecule has 0 bridgehead atoms. The number of nitrogens with zero attached hydrogens (tertiary/aromatic N) is 2. The van der Waals surface area contributed by atoms with Crippen LogP contribution in [0.25, 0.3) is 10.6 Å². The number of nitrogens with one attached hydrogen (secondary N) is 1. The van der Waals surface area contributed by atoms with Gasteiger partial charge >= 0.3 is 0 Å². The third-order valence-corrected chi connectivity index (χ3v) is 5.70. The van der Waals surface area contributed by atoms with Gasteiger partial charge in [-0.3, -0.25) is 9.59 Å². The third kappa shape index (κ3) is 4.93. The van der Waals surface area contributed by atoms with E-state index in [9.17, 15) is 14.0 Å². The predicted octanol–water partition coefficient (Wildman–Crippen LogP) is 5.36. The van der Waals surface area contributed by atoms with E-state index in [0.717, 1.165) is 11.3 Å². The number of benzene rings is 2. The van der Waals surface area contributed by atoms with Crippen molar-refractivity contribution in [2.24, 2.45) is 0 Å². The van der Waals surface area contributed by atoms with E-state index in [1.807, 2.05) is 0 Å². The number of halogens is 3. The van der Waals surface area contributed by atoms with Crippen LogP contribution in [0.3, 0.4) is 0 Å². The molecule has 0 aliphatic rings. The van der Waals surface area contributed by atoms with Crippen molar-refractivity contribution >= 4 is 52.0 Å². The molecule has 3 aromatic rings. The Morgan fingerprint density at radius 2 is 1.83 bits per heavy atom. The van der Waals surface area contributed by atoms with Gasteiger partial charge < -0.3 is 10.2 Å². The normalized spacial score (nSPS) is 10.6. The number of carbonyl (C=O) groups excluding carboxylic acids is 2. The van der Waals surface area contributed by atoms with Crippen molar-refractivity contribution in [3.63, 3.8) is 0 Å². The summed E-state index contributed by atoms with van der Waals surface area (Å²) in [6, 6.07) is 11.1. The number of anilines is 1. The molecule has 150 valence electrons. The number of thiazole rings is 1. The molecular weight excluding hydrogens is 436 g/mol. The summed E-state index contributed by atoms with van der Waals surface area (Å²) >= 11 is 13.2. The van der Waals surface area contributed by atoms with Crippen molar-refractivity contribution < 1.29 is 14.0 Å². The van der Waals surface area contributed by atoms with E-state index in [0.29, 0.717) is 37.7 Å². The molecule has 5 nitrogen and oxygen atoms in total. The van der Waals surface area contributed by atoms with Gasteiger partial charge in [0, 0.05) is 12.1 Å². The van der Waals surface area contributed by atoms with Crippen LogP contribution < -0.4 is 5.32 Å². The molecule has 2 amide bonds. The molecule has 0 fully saturated rings. The number of rotatable bonds is 6. The first kappa shape index (κ1) is 21.2. The van der Waals surface area contributed by atoms with Crippen LogP contribution in [0.4, 0.5) is 10.1 Å². The molecule has 0 radical (unpaired) electrons. The van der Waals surface area contributed by atoms with Crippen molar-refractivity contribution in [1.82, 2.24) is 9.88 Å². The number of carbonyl (C=O) groups is 2. The first-order valence-corrected chi connectivity index (χ1v) is 10.2. The summed E-state index contributed by atoms with van der Waals surface area (Å²) in [4.78, 5) is 31.0. The molecule has 0 aliphatic carbocycles. The highest BCUT2D eigenvalue weighted by atomic mass is 35.5. The van der Waals surface area contributed by atoms with Gasteiger partial charge in [0.15, 0.2) is 0 Å². The lowest BCUT2D eigenvalue weighted by atomic mass is 10.2. The lowest BCUT2D eigenvalue weighted by Gasteiger charge is -2.20. The molecule has 0 unspecified atom stereocenters. The lowest BCUT2D eigenvalue weighted by Crippen LogP contribution is -2.37. The van der Waals surface area contributed by atoms with Gasteiger partial charge in [-0.2, -0.15) is 0 Å². The second kappa shape index (κ2) is 9.35. The Morgan fingerprint density at radius 3 is 2.48 bits per heavy atom. The van der Waals surface area contributed by atoms with Crippen molar-refractivity contribution in [3.05, 3.63) is 69.4 Å². The minimum Gasteiger partial charge on any atom is -0.329 e. The standard InChI is InChI=1S/C20H16Cl2FN3O2S/c1-2-26(11-17(27)25-18-13(21)7-5-8-14(18)22)20(28)16-10-24-19(29-16)12-6-3-4-9-15(12)23/h3-10H,2,11H2,1H3,(H,25,27). The topological polar surface area (TPSA) is 62.3 Å². The second-order valence-corrected chi connectivity index (χ2v) is 7.82. The largest absolute Gasteiger partial charge is 0.329 e. The molecule has 29 heavy (non-hydrogen) atoms. The summed E-state index contributed by atoms with van der Waals surface area (Å²) < 4.78 is 14.0. The molecule has 0 atom stereocenters. The highest BCUT2D eigenvalue weighted by molar-refractivity contribution is 7.16. The summed E-state index contributed by atoms with van der Waals surface area (Å²) in [7, 11) is 0. The van der Waals surface area contributed by atoms with Crippen LogP contribution >= 0.6 is 34.5 Å². The zero-order valence-corrected chi connectivity index (χ0v) is 17.6. The van der Waals surface area contributed by atoms with Crippen LogP contribution in [0.5, 0.6) is 0 Å². The maximum atomic E-state index is 14.0. The highest BCUT2D eigenvalue weighted by Gasteiger charge is 2.21. The summed E-state index contributed by atoms with van der Waals surface area (Å²) in [6.07, 6.45) is 1.39. The fourth-order valence-corrected chi connectivity index (χ4v) is 3.99. The second-order valence-electron chi connectivity index (χ2n) is 5.97. The molecule has 0 aliphatic heterocycles. The van der Waals surface area contributed by atoms with Gasteiger partial charge in [0.1, 0.15) is 22.2 Å². The van der Waals surface area contributed by atoms with E-state index >= 15 is 0 Å². The summed E-state index contributed by atoms with van der Waals surface area (Å²) in [5.74, 6) is -1.22. The van der Waals surface area contributed by atoms with Crippen LogP contribution in [-0.2, 0) is 4.79 Å². The van der Waals surface area contributed by atoms with Crippen molar-refractivity contribution in [2.75, 3.05) is 18.4 Å². The van der Waals surface area contributed by atoms with Gasteiger partial charge in [0.25, 0.3) is 5.91 Å². The smallest absolute Gasteiger partial charge is 0.266 e. The SMILES string of the molecule is CCN(CC(=O)Nc1c(Cl)cccc1Cl)C(=O)c1cnc(-c2ccccc2F)s1. The minimum absolute atomic E-state index is 0.191. The Labute approximate surface area is 181 Å². The quantitative estimate of drug-likeness (QED) is 0.548. The van der Waals surface area contributed by atoms with Crippen LogP contribution in [0, 0.1) is 5.82 Å². The number of aromatic nitrogens is 1. The van der Waals surface area contributed by atoms with Crippen LogP contribution in [0.15, 0.2) is 48.7 Å². The number of hydrogen-bond acceptors (Lipinski definition) is 4. The Bertz CT molecular complexity index is 1040. The van der Waals surface area contributed by atoms with E-state index < -0.39 is 11.7 Å². The molecule has 3 rings (SSSR count). The maximum absolute atomic E-state index is 14.0. The van der Waals surface area contributed by atoms with Gasteiger partial charge in [-0.05, 0) is 31.2 Å². The van der Waals surface area contributed by atoms with Gasteiger partial charge in [-0.25, -0.2) is 9.37 Å². The molecule has 1 heterocycles. The molecule has 0 spiro atoms. The Hall–Kier alpha value is -2.48. The van der Waals surface area contributed by atoms with Gasteiger partial charge in [0.2, 0.25) is 5.91 Å². The Balaban J connectivity index is 1.72. The van der Waals surface area contributed by atoms with Crippen molar-refractivity contribution in [1.29, 1.82) is 0 Å². The number of likely N-dealkylation sites (N-methyl/N-ethyl adjacent to an activating group) is 1. The molecule has 9 heteroatoms. The third-order valence-electron chi connectivity index (χ3n) is 4.05. The molecule has 2 aromatic carbocycles. The molecule has 1 aromatic heterocycles. The predicted molar refractivity (Wildman–Crippen MR) is 114 cm³/mol. The average molecular weight is 452 g/mol. The average Bonchev–Trinajstić information content (AvgIpc) is 3.19. The zero-order valence-electron chi connectivity index (χ0n) is 15.3. The molecule has 0 saturated carbocycles. The first-order chi connectivity index (χ1) is 13.9. The van der Waals surface area contributed by atoms with E-state index in [4.69, 9.17) is 23.2 Å². The van der Waals surface area contributed by atoms with E-state index in [2.05, 4.69) is 10.3 Å². The fourth-order valence-electron chi connectivity index (χ4n) is 2.58. The number of amides is 2. The van der Waals surface area contributed by atoms with Gasteiger partial charge in [-0.1, -0.05) is 41.4 Å². The maximum Gasteiger partial charge on any atom is 0.266 e. The van der Waals surface area contributed by atoms with Crippen LogP contribution in [-0.4, -0.2) is 34.8 Å². The summed E-state index contributed by atoms with van der Waals surface area (Å²) in [5.41, 5.74) is 0.620. The molecular formula is C20H16Cl2FN3O2S. The van der Waals surface area contributed by atoms with Gasteiger partial charge in [-0.15, -0.1) is 11.3 Å². The molecule has 0 saturated heterocycles. The fraction of sp³-hybridized carbons (Fsp3) is 0.150. The van der Waals surface area contributed by atoms with E-state index in [1.165, 1.54) is 17.2 Å². The summed E-state index contributed by atoms with van der Waals surface area (Å²) in [5, 5.41) is 3.63. The number of hydrogen-bond donors (Lipinski definition) is 1. The number of para-hydroxylation sites is 1. The van der Waals surface area contributed by atoms with Crippen LogP contribution in [0.1, 0.15) is 16.6 Å². The monoisotopic (exact) mass is 451 g/mol. The summed E-state index contributed by atoms with van der Waals surface area (Å²) in [6.45, 7) is 1.87. The molecule has 1 N–H and O–H groups in total. The van der Waals surface area contributed by atoms with Crippen LogP contribution in [0.2, 0.25) is 10.0 Å². The highest BCUT2D eigenvalue weighted by Crippen LogP contribution is 2.30. The zero-order chi connectivity index (χ0) is 21.0. The Morgan fingerprint density at radius 1 is 1.14 bits per heavy atom. The van der Waals surface area contributed by atoms with Gasteiger partial charge in [0.05, 0.1) is 21.9 Å². The van der Waals surface area contributed by atoms with E-state index in [-0.39, 0.29) is 12.5 Å².